The molecule has 1 atom stereocenters. The summed E-state index contributed by atoms with van der Waals surface area (Å²) in [6, 6.07) is 7.53. The molecular formula is C20H31ClN2O2. The summed E-state index contributed by atoms with van der Waals surface area (Å²) in [5.41, 5.74) is 1.05. The first-order valence-corrected chi connectivity index (χ1v) is 9.72. The Bertz CT molecular complexity index is 525. The van der Waals surface area contributed by atoms with Crippen molar-refractivity contribution in [2.75, 3.05) is 13.1 Å². The summed E-state index contributed by atoms with van der Waals surface area (Å²) in [5.74, 6) is 0.147. The van der Waals surface area contributed by atoms with Gasteiger partial charge in [0.2, 0.25) is 11.8 Å². The molecule has 0 saturated heterocycles. The van der Waals surface area contributed by atoms with E-state index in [0.29, 0.717) is 24.3 Å². The third-order valence-corrected chi connectivity index (χ3v) is 4.40. The van der Waals surface area contributed by atoms with E-state index in [1.807, 2.05) is 36.1 Å². The molecule has 0 aliphatic carbocycles. The van der Waals surface area contributed by atoms with Gasteiger partial charge in [-0.2, -0.15) is 0 Å². The predicted molar refractivity (Wildman–Crippen MR) is 104 cm³/mol. The molecule has 4 nitrogen and oxygen atoms in total. The Balaban J connectivity index is 2.42. The van der Waals surface area contributed by atoms with E-state index < -0.39 is 0 Å². The van der Waals surface area contributed by atoms with Crippen molar-refractivity contribution in [3.8, 4) is 0 Å². The molecule has 0 radical (unpaired) electrons. The number of rotatable bonds is 11. The van der Waals surface area contributed by atoms with Crippen molar-refractivity contribution >= 4 is 23.4 Å². The number of hydrogen-bond acceptors (Lipinski definition) is 2. The minimum atomic E-state index is -0.0165. The molecule has 0 heterocycles. The molecule has 1 aromatic rings. The lowest BCUT2D eigenvalue weighted by molar-refractivity contribution is -0.131. The van der Waals surface area contributed by atoms with Gasteiger partial charge in [-0.1, -0.05) is 44.5 Å². The molecule has 140 valence electrons. The summed E-state index contributed by atoms with van der Waals surface area (Å²) >= 11 is 5.91. The normalized spacial score (nSPS) is 11.8. The van der Waals surface area contributed by atoms with Crippen molar-refractivity contribution in [3.63, 3.8) is 0 Å². The third kappa shape index (κ3) is 7.91. The molecule has 25 heavy (non-hydrogen) atoms. The number of amides is 2. The van der Waals surface area contributed by atoms with Crippen LogP contribution >= 0.6 is 11.6 Å². The van der Waals surface area contributed by atoms with Crippen molar-refractivity contribution in [2.24, 2.45) is 0 Å². The summed E-state index contributed by atoms with van der Waals surface area (Å²) in [6.07, 6.45) is 4.14. The molecule has 0 aliphatic rings. The van der Waals surface area contributed by atoms with E-state index in [-0.39, 0.29) is 17.9 Å². The average Bonchev–Trinajstić information content (AvgIpc) is 2.60. The number of halogens is 1. The second-order valence-corrected chi connectivity index (χ2v) is 6.75. The first kappa shape index (κ1) is 21.5. The van der Waals surface area contributed by atoms with Gasteiger partial charge in [0, 0.05) is 31.0 Å². The molecule has 1 rings (SSSR count). The molecule has 1 aromatic carbocycles. The van der Waals surface area contributed by atoms with Crippen molar-refractivity contribution < 1.29 is 9.59 Å². The zero-order valence-corrected chi connectivity index (χ0v) is 16.4. The number of nitrogens with one attached hydrogen (secondary N) is 1. The van der Waals surface area contributed by atoms with Crippen molar-refractivity contribution in [1.29, 1.82) is 0 Å². The summed E-state index contributed by atoms with van der Waals surface area (Å²) < 4.78 is 0. The van der Waals surface area contributed by atoms with Crippen LogP contribution in [0.5, 0.6) is 0 Å². The Hall–Kier alpha value is -1.55. The quantitative estimate of drug-likeness (QED) is 0.615. The fourth-order valence-corrected chi connectivity index (χ4v) is 2.97. The van der Waals surface area contributed by atoms with Gasteiger partial charge in [-0.05, 0) is 43.4 Å². The smallest absolute Gasteiger partial charge is 0.222 e. The standard InChI is InChI=1S/C20H31ClN2O2/c1-4-14-23(15-5-2)20(25)9-7-8-19(24)22-18(6-3)16-10-12-17(21)13-11-16/h10-13,18H,4-9,14-15H2,1-3H3,(H,22,24). The molecule has 0 aromatic heterocycles. The highest BCUT2D eigenvalue weighted by atomic mass is 35.5. The number of carbonyl (C=O) groups is 2. The van der Waals surface area contributed by atoms with Gasteiger partial charge >= 0.3 is 0 Å². The summed E-state index contributed by atoms with van der Waals surface area (Å²) in [7, 11) is 0. The summed E-state index contributed by atoms with van der Waals surface area (Å²) in [4.78, 5) is 26.3. The van der Waals surface area contributed by atoms with E-state index >= 15 is 0 Å². The van der Waals surface area contributed by atoms with Crippen molar-refractivity contribution in [1.82, 2.24) is 10.2 Å². The Morgan fingerprint density at radius 3 is 2.16 bits per heavy atom. The van der Waals surface area contributed by atoms with Gasteiger partial charge in [0.15, 0.2) is 0 Å². The molecule has 0 fully saturated rings. The Labute approximate surface area is 156 Å². The largest absolute Gasteiger partial charge is 0.349 e. The lowest BCUT2D eigenvalue weighted by Gasteiger charge is -2.21. The van der Waals surface area contributed by atoms with Gasteiger partial charge in [0.1, 0.15) is 0 Å². The van der Waals surface area contributed by atoms with E-state index in [9.17, 15) is 9.59 Å². The van der Waals surface area contributed by atoms with Crippen LogP contribution in [0.1, 0.15) is 70.9 Å². The second kappa shape index (κ2) is 11.9. The van der Waals surface area contributed by atoms with E-state index in [4.69, 9.17) is 11.6 Å². The molecular weight excluding hydrogens is 336 g/mol. The Kier molecular flexibility index (Phi) is 10.2. The van der Waals surface area contributed by atoms with Crippen LogP contribution in [-0.2, 0) is 9.59 Å². The first-order chi connectivity index (χ1) is 12.0. The van der Waals surface area contributed by atoms with Gasteiger partial charge in [-0.15, -0.1) is 0 Å². The zero-order valence-electron chi connectivity index (χ0n) is 15.7. The first-order valence-electron chi connectivity index (χ1n) is 9.34. The maximum absolute atomic E-state index is 12.2. The monoisotopic (exact) mass is 366 g/mol. The molecule has 5 heteroatoms. The molecule has 1 N–H and O–H groups in total. The van der Waals surface area contributed by atoms with Crippen LogP contribution in [0.4, 0.5) is 0 Å². The second-order valence-electron chi connectivity index (χ2n) is 6.31. The summed E-state index contributed by atoms with van der Waals surface area (Å²) in [6.45, 7) is 7.78. The van der Waals surface area contributed by atoms with Gasteiger partial charge in [0.25, 0.3) is 0 Å². The lowest BCUT2D eigenvalue weighted by Crippen LogP contribution is -2.33. The zero-order chi connectivity index (χ0) is 18.7. The van der Waals surface area contributed by atoms with E-state index in [1.54, 1.807) is 0 Å². The van der Waals surface area contributed by atoms with Crippen LogP contribution in [0.2, 0.25) is 5.02 Å². The fraction of sp³-hybridized carbons (Fsp3) is 0.600. The van der Waals surface area contributed by atoms with Crippen molar-refractivity contribution in [2.45, 2.75) is 65.3 Å². The highest BCUT2D eigenvalue weighted by Gasteiger charge is 2.15. The van der Waals surface area contributed by atoms with Crippen LogP contribution in [0.25, 0.3) is 0 Å². The fourth-order valence-electron chi connectivity index (χ4n) is 2.84. The maximum Gasteiger partial charge on any atom is 0.222 e. The predicted octanol–water partition coefficient (Wildman–Crippen LogP) is 4.73. The van der Waals surface area contributed by atoms with Gasteiger partial charge in [-0.25, -0.2) is 0 Å². The van der Waals surface area contributed by atoms with Crippen LogP contribution in [-0.4, -0.2) is 29.8 Å². The maximum atomic E-state index is 12.2. The molecule has 2 amide bonds. The SMILES string of the molecule is CCCN(CCC)C(=O)CCCC(=O)NC(CC)c1ccc(Cl)cc1. The average molecular weight is 367 g/mol. The van der Waals surface area contributed by atoms with E-state index in [0.717, 1.165) is 37.9 Å². The molecule has 0 bridgehead atoms. The van der Waals surface area contributed by atoms with Crippen LogP contribution in [0.3, 0.4) is 0 Å². The Morgan fingerprint density at radius 2 is 1.64 bits per heavy atom. The van der Waals surface area contributed by atoms with Crippen molar-refractivity contribution in [3.05, 3.63) is 34.9 Å². The number of nitrogens with zero attached hydrogens (tertiary/aromatic N) is 1. The third-order valence-electron chi connectivity index (χ3n) is 4.15. The molecule has 0 saturated carbocycles. The molecule has 1 unspecified atom stereocenters. The van der Waals surface area contributed by atoms with Gasteiger partial charge in [0.05, 0.1) is 6.04 Å². The highest BCUT2D eigenvalue weighted by Crippen LogP contribution is 2.19. The van der Waals surface area contributed by atoms with E-state index in [2.05, 4.69) is 19.2 Å². The lowest BCUT2D eigenvalue weighted by atomic mass is 10.0. The van der Waals surface area contributed by atoms with Gasteiger partial charge < -0.3 is 10.2 Å². The molecule has 0 aliphatic heterocycles. The topological polar surface area (TPSA) is 49.4 Å². The van der Waals surface area contributed by atoms with Crippen LogP contribution < -0.4 is 5.32 Å². The Morgan fingerprint density at radius 1 is 1.04 bits per heavy atom. The highest BCUT2D eigenvalue weighted by molar-refractivity contribution is 6.30. The van der Waals surface area contributed by atoms with Crippen LogP contribution in [0, 0.1) is 0 Å². The number of benzene rings is 1. The summed E-state index contributed by atoms with van der Waals surface area (Å²) in [5, 5.41) is 3.74. The minimum Gasteiger partial charge on any atom is -0.349 e. The number of carbonyl (C=O) groups excluding carboxylic acids is 2. The van der Waals surface area contributed by atoms with Crippen LogP contribution in [0.15, 0.2) is 24.3 Å². The molecule has 0 spiro atoms. The van der Waals surface area contributed by atoms with E-state index in [1.165, 1.54) is 0 Å². The van der Waals surface area contributed by atoms with Gasteiger partial charge in [-0.3, -0.25) is 9.59 Å². The number of hydrogen-bond donors (Lipinski definition) is 1. The minimum absolute atomic E-state index is 0.00728.